The number of urea groups is 1. The Morgan fingerprint density at radius 2 is 1.81 bits per heavy atom. The maximum absolute atomic E-state index is 15.6. The summed E-state index contributed by atoms with van der Waals surface area (Å²) in [5.41, 5.74) is -1.27. The minimum atomic E-state index is -4.88. The number of piperidine rings is 1. The summed E-state index contributed by atoms with van der Waals surface area (Å²) >= 11 is 0. The quantitative estimate of drug-likeness (QED) is 0.534. The number of carbonyl (C=O) groups excluding carboxylic acids is 1. The van der Waals surface area contributed by atoms with Gasteiger partial charge in [-0.25, -0.2) is 22.6 Å². The van der Waals surface area contributed by atoms with Gasteiger partial charge in [0.2, 0.25) is 20.8 Å². The standard InChI is InChI=1S/C18H20F5N5O3S/c1-17(20,32(30,31)15-10-13(18(21,22)23)26-27(15)2)11-4-7-28(8-5-11)16(29)25-12-3-6-24-14(19)9-12/h3,6,9-11H,4-5,7-8H2,1-2H3,(H,24,25,29)/t17-/m1/s1. The lowest BCUT2D eigenvalue weighted by Crippen LogP contribution is -2.48. The van der Waals surface area contributed by atoms with Gasteiger partial charge in [-0.2, -0.15) is 22.7 Å². The molecule has 2 amide bonds. The number of anilines is 1. The second-order valence-electron chi connectivity index (χ2n) is 7.54. The highest BCUT2D eigenvalue weighted by Crippen LogP contribution is 2.40. The molecule has 176 valence electrons. The normalized spacial score (nSPS) is 17.8. The van der Waals surface area contributed by atoms with E-state index in [1.54, 1.807) is 0 Å². The fourth-order valence-electron chi connectivity index (χ4n) is 3.55. The number of nitrogens with zero attached hydrogens (tertiary/aromatic N) is 4. The van der Waals surface area contributed by atoms with E-state index in [1.807, 2.05) is 0 Å². The van der Waals surface area contributed by atoms with Crippen molar-refractivity contribution in [2.75, 3.05) is 18.4 Å². The van der Waals surface area contributed by atoms with Crippen LogP contribution in [-0.2, 0) is 23.1 Å². The monoisotopic (exact) mass is 481 g/mol. The smallest absolute Gasteiger partial charge is 0.325 e. The molecule has 0 aromatic carbocycles. The first-order valence-corrected chi connectivity index (χ1v) is 10.9. The maximum atomic E-state index is 15.6. The molecule has 0 spiro atoms. The van der Waals surface area contributed by atoms with E-state index in [0.717, 1.165) is 20.0 Å². The van der Waals surface area contributed by atoms with Crippen LogP contribution in [0.5, 0.6) is 0 Å². The van der Waals surface area contributed by atoms with Gasteiger partial charge in [0, 0.05) is 50.1 Å². The van der Waals surface area contributed by atoms with Crippen molar-refractivity contribution in [2.24, 2.45) is 13.0 Å². The van der Waals surface area contributed by atoms with Gasteiger partial charge in [-0.1, -0.05) is 0 Å². The number of carbonyl (C=O) groups is 1. The van der Waals surface area contributed by atoms with Crippen LogP contribution in [0, 0.1) is 11.9 Å². The number of sulfone groups is 1. The van der Waals surface area contributed by atoms with Crippen molar-refractivity contribution in [1.82, 2.24) is 19.7 Å². The first kappa shape index (κ1) is 23.9. The van der Waals surface area contributed by atoms with Crippen molar-refractivity contribution in [3.05, 3.63) is 36.0 Å². The first-order chi connectivity index (χ1) is 14.7. The van der Waals surface area contributed by atoms with E-state index in [0.29, 0.717) is 10.7 Å². The summed E-state index contributed by atoms with van der Waals surface area (Å²) in [6.45, 7) is 0.805. The van der Waals surface area contributed by atoms with Crippen LogP contribution in [0.4, 0.5) is 32.4 Å². The van der Waals surface area contributed by atoms with Gasteiger partial charge in [-0.05, 0) is 25.8 Å². The molecule has 1 aliphatic heterocycles. The van der Waals surface area contributed by atoms with Crippen molar-refractivity contribution < 1.29 is 35.2 Å². The Hall–Kier alpha value is -2.77. The minimum absolute atomic E-state index is 0.00170. The Bertz CT molecular complexity index is 1110. The Morgan fingerprint density at radius 1 is 1.19 bits per heavy atom. The van der Waals surface area contributed by atoms with E-state index in [-0.39, 0.29) is 31.6 Å². The summed E-state index contributed by atoms with van der Waals surface area (Å²) < 4.78 is 93.6. The van der Waals surface area contributed by atoms with Crippen LogP contribution in [0.1, 0.15) is 25.5 Å². The second kappa shape index (κ2) is 8.30. The third-order valence-corrected chi connectivity index (χ3v) is 7.73. The molecular formula is C18H20F5N5O3S. The van der Waals surface area contributed by atoms with Crippen LogP contribution in [0.15, 0.2) is 29.4 Å². The van der Waals surface area contributed by atoms with Gasteiger partial charge < -0.3 is 10.2 Å². The van der Waals surface area contributed by atoms with Gasteiger partial charge in [-0.3, -0.25) is 4.68 Å². The van der Waals surface area contributed by atoms with Gasteiger partial charge >= 0.3 is 12.2 Å². The van der Waals surface area contributed by atoms with Gasteiger partial charge in [0.05, 0.1) is 0 Å². The highest BCUT2D eigenvalue weighted by molar-refractivity contribution is 7.92. The summed E-state index contributed by atoms with van der Waals surface area (Å²) in [6.07, 6.45) is -3.81. The van der Waals surface area contributed by atoms with E-state index in [9.17, 15) is 30.8 Å². The van der Waals surface area contributed by atoms with Crippen LogP contribution in [0.3, 0.4) is 0 Å². The zero-order chi connectivity index (χ0) is 23.9. The molecule has 0 saturated carbocycles. The van der Waals surface area contributed by atoms with Gasteiger partial charge in [0.15, 0.2) is 10.7 Å². The first-order valence-electron chi connectivity index (χ1n) is 9.45. The Morgan fingerprint density at radius 3 is 2.34 bits per heavy atom. The van der Waals surface area contributed by atoms with Gasteiger partial charge in [-0.15, -0.1) is 0 Å². The molecule has 3 heterocycles. The summed E-state index contributed by atoms with van der Waals surface area (Å²) in [5, 5.41) is 1.84. The number of likely N-dealkylation sites (tertiary alicyclic amines) is 1. The number of hydrogen-bond donors (Lipinski definition) is 1. The van der Waals surface area contributed by atoms with Crippen molar-refractivity contribution in [2.45, 2.75) is 36.0 Å². The number of amides is 2. The molecule has 1 saturated heterocycles. The largest absolute Gasteiger partial charge is 0.435 e. The van der Waals surface area contributed by atoms with E-state index in [2.05, 4.69) is 15.4 Å². The SMILES string of the molecule is Cn1nc(C(F)(F)F)cc1S(=O)(=O)[C@@](C)(F)C1CCN(C(=O)Nc2ccnc(F)c2)CC1. The Balaban J connectivity index is 1.71. The average Bonchev–Trinajstić information content (AvgIpc) is 3.11. The molecule has 1 atom stereocenters. The Kier molecular flexibility index (Phi) is 6.19. The van der Waals surface area contributed by atoms with Gasteiger partial charge in [0.25, 0.3) is 0 Å². The molecule has 8 nitrogen and oxygen atoms in total. The number of rotatable bonds is 4. The van der Waals surface area contributed by atoms with Crippen molar-refractivity contribution in [1.29, 1.82) is 0 Å². The van der Waals surface area contributed by atoms with E-state index in [1.165, 1.54) is 17.2 Å². The summed E-state index contributed by atoms with van der Waals surface area (Å²) in [5.74, 6) is -1.86. The molecule has 0 radical (unpaired) electrons. The number of hydrogen-bond acceptors (Lipinski definition) is 5. The maximum Gasteiger partial charge on any atom is 0.435 e. The second-order valence-corrected chi connectivity index (χ2v) is 9.76. The van der Waals surface area contributed by atoms with Crippen molar-refractivity contribution in [3.8, 4) is 0 Å². The van der Waals surface area contributed by atoms with E-state index >= 15 is 4.39 Å². The van der Waals surface area contributed by atoms with Gasteiger partial charge in [0.1, 0.15) is 0 Å². The van der Waals surface area contributed by atoms with Crippen molar-refractivity contribution in [3.63, 3.8) is 0 Å². The minimum Gasteiger partial charge on any atom is -0.325 e. The fraction of sp³-hybridized carbons (Fsp3) is 0.500. The molecule has 3 rings (SSSR count). The molecule has 0 unspecified atom stereocenters. The van der Waals surface area contributed by atoms with Crippen LogP contribution in [-0.4, -0.2) is 52.2 Å². The lowest BCUT2D eigenvalue weighted by molar-refractivity contribution is -0.141. The predicted molar refractivity (Wildman–Crippen MR) is 102 cm³/mol. The zero-order valence-corrected chi connectivity index (χ0v) is 17.8. The molecule has 0 bridgehead atoms. The topological polar surface area (TPSA) is 97.2 Å². The van der Waals surface area contributed by atoms with Crippen LogP contribution in [0.2, 0.25) is 0 Å². The molecule has 2 aromatic heterocycles. The number of aromatic nitrogens is 3. The highest BCUT2D eigenvalue weighted by Gasteiger charge is 2.50. The number of pyridine rings is 1. The number of aryl methyl sites for hydroxylation is 1. The number of alkyl halides is 4. The fourth-order valence-corrected chi connectivity index (χ4v) is 5.28. The lowest BCUT2D eigenvalue weighted by atomic mass is 9.92. The van der Waals surface area contributed by atoms with E-state index < -0.39 is 49.6 Å². The van der Waals surface area contributed by atoms with Crippen LogP contribution >= 0.6 is 0 Å². The molecule has 1 N–H and O–H groups in total. The molecule has 0 aliphatic carbocycles. The lowest BCUT2D eigenvalue weighted by Gasteiger charge is -2.37. The van der Waals surface area contributed by atoms with Crippen molar-refractivity contribution >= 4 is 21.6 Å². The Labute approximate surface area is 180 Å². The zero-order valence-electron chi connectivity index (χ0n) is 17.0. The third-order valence-electron chi connectivity index (χ3n) is 5.42. The highest BCUT2D eigenvalue weighted by atomic mass is 32.2. The van der Waals surface area contributed by atoms with Crippen LogP contribution in [0.25, 0.3) is 0 Å². The molecule has 14 heteroatoms. The predicted octanol–water partition coefficient (Wildman–Crippen LogP) is 3.38. The summed E-state index contributed by atoms with van der Waals surface area (Å²) in [6, 6.07) is 2.11. The number of nitrogens with one attached hydrogen (secondary N) is 1. The molecule has 32 heavy (non-hydrogen) atoms. The molecule has 1 aliphatic rings. The third kappa shape index (κ3) is 4.54. The van der Waals surface area contributed by atoms with Crippen LogP contribution < -0.4 is 5.32 Å². The number of halogens is 5. The summed E-state index contributed by atoms with van der Waals surface area (Å²) in [4.78, 5) is 17.0. The molecular weight excluding hydrogens is 461 g/mol. The molecule has 2 aromatic rings. The summed E-state index contributed by atoms with van der Waals surface area (Å²) in [7, 11) is -3.84. The average molecular weight is 481 g/mol. The van der Waals surface area contributed by atoms with E-state index in [4.69, 9.17) is 0 Å². The molecule has 1 fully saturated rings.